The minimum atomic E-state index is -0.420. The zero-order chi connectivity index (χ0) is 13.1. The molecule has 0 aromatic heterocycles. The van der Waals surface area contributed by atoms with Crippen molar-refractivity contribution in [2.24, 2.45) is 5.73 Å². The molecule has 1 fully saturated rings. The summed E-state index contributed by atoms with van der Waals surface area (Å²) in [6.45, 7) is 2.53. The molecule has 1 aliphatic rings. The Kier molecular flexibility index (Phi) is 3.66. The van der Waals surface area contributed by atoms with E-state index in [1.165, 1.54) is 12.1 Å². The van der Waals surface area contributed by atoms with Crippen molar-refractivity contribution in [2.75, 3.05) is 11.9 Å². The molecule has 0 saturated heterocycles. The van der Waals surface area contributed by atoms with Crippen molar-refractivity contribution in [3.63, 3.8) is 0 Å². The molecule has 18 heavy (non-hydrogen) atoms. The number of hydrogen-bond acceptors (Lipinski definition) is 5. The van der Waals surface area contributed by atoms with E-state index in [0.717, 1.165) is 12.8 Å². The first-order valence-corrected chi connectivity index (χ1v) is 6.04. The predicted molar refractivity (Wildman–Crippen MR) is 68.9 cm³/mol. The summed E-state index contributed by atoms with van der Waals surface area (Å²) in [4.78, 5) is 10.4. The van der Waals surface area contributed by atoms with E-state index in [0.29, 0.717) is 18.0 Å². The molecule has 0 amide bonds. The third-order valence-electron chi connectivity index (χ3n) is 2.77. The molecule has 6 heteroatoms. The van der Waals surface area contributed by atoms with Crippen LogP contribution in [-0.2, 0) is 0 Å². The van der Waals surface area contributed by atoms with Crippen molar-refractivity contribution in [2.45, 2.75) is 31.8 Å². The lowest BCUT2D eigenvalue weighted by molar-refractivity contribution is -0.384. The van der Waals surface area contributed by atoms with Crippen LogP contribution in [-0.4, -0.2) is 23.6 Å². The first kappa shape index (κ1) is 12.6. The minimum absolute atomic E-state index is 0.0281. The number of nitro benzene ring substituents is 1. The fourth-order valence-electron chi connectivity index (χ4n) is 1.67. The van der Waals surface area contributed by atoms with Crippen LogP contribution >= 0.6 is 0 Å². The summed E-state index contributed by atoms with van der Waals surface area (Å²) in [5.41, 5.74) is 6.42. The first-order chi connectivity index (χ1) is 8.60. The molecule has 98 valence electrons. The zero-order valence-electron chi connectivity index (χ0n) is 10.3. The lowest BCUT2D eigenvalue weighted by atomic mass is 10.2. The van der Waals surface area contributed by atoms with Gasteiger partial charge in [-0.3, -0.25) is 10.1 Å². The lowest BCUT2D eigenvalue weighted by Crippen LogP contribution is -2.13. The molecule has 1 aromatic carbocycles. The summed E-state index contributed by atoms with van der Waals surface area (Å²) in [6.07, 6.45) is 1.76. The molecule has 2 atom stereocenters. The van der Waals surface area contributed by atoms with Gasteiger partial charge in [-0.2, -0.15) is 0 Å². The topological polar surface area (TPSA) is 90.4 Å². The quantitative estimate of drug-likeness (QED) is 0.595. The number of benzene rings is 1. The summed E-state index contributed by atoms with van der Waals surface area (Å²) < 4.78 is 5.44. The van der Waals surface area contributed by atoms with Crippen LogP contribution in [0.4, 0.5) is 11.4 Å². The van der Waals surface area contributed by atoms with Crippen LogP contribution in [0, 0.1) is 10.1 Å². The monoisotopic (exact) mass is 251 g/mol. The smallest absolute Gasteiger partial charge is 0.275 e. The highest BCUT2D eigenvalue weighted by atomic mass is 16.6. The Balaban J connectivity index is 2.16. The van der Waals surface area contributed by atoms with Crippen molar-refractivity contribution in [3.05, 3.63) is 28.3 Å². The van der Waals surface area contributed by atoms with Gasteiger partial charge in [-0.25, -0.2) is 0 Å². The van der Waals surface area contributed by atoms with Crippen LogP contribution in [0.3, 0.4) is 0 Å². The van der Waals surface area contributed by atoms with Gasteiger partial charge in [-0.1, -0.05) is 6.92 Å². The summed E-state index contributed by atoms with van der Waals surface area (Å²) in [5, 5.41) is 14.0. The Morgan fingerprint density at radius 2 is 2.28 bits per heavy atom. The standard InChI is InChI=1S/C12H17N3O3/c1-2-3-18-10-5-8(14-12-7-11(12)13)4-9(6-10)15(16)17/h4-6,11-12,14H,2-3,7,13H2,1H3. The number of rotatable bonds is 6. The molecule has 2 unspecified atom stereocenters. The maximum Gasteiger partial charge on any atom is 0.275 e. The molecule has 1 saturated carbocycles. The number of ether oxygens (including phenoxy) is 1. The predicted octanol–water partition coefficient (Wildman–Crippen LogP) is 1.90. The van der Waals surface area contributed by atoms with E-state index in [4.69, 9.17) is 10.5 Å². The largest absolute Gasteiger partial charge is 0.493 e. The molecule has 1 aliphatic carbocycles. The van der Waals surface area contributed by atoms with Gasteiger partial charge >= 0.3 is 0 Å². The second kappa shape index (κ2) is 5.22. The highest BCUT2D eigenvalue weighted by molar-refractivity contribution is 5.57. The second-order valence-electron chi connectivity index (χ2n) is 4.47. The van der Waals surface area contributed by atoms with Crippen molar-refractivity contribution >= 4 is 11.4 Å². The molecule has 0 spiro atoms. The van der Waals surface area contributed by atoms with E-state index >= 15 is 0 Å². The molecular formula is C12H17N3O3. The van der Waals surface area contributed by atoms with Crippen molar-refractivity contribution in [1.29, 1.82) is 0 Å². The van der Waals surface area contributed by atoms with Crippen molar-refractivity contribution in [3.8, 4) is 5.75 Å². The van der Waals surface area contributed by atoms with E-state index in [1.807, 2.05) is 6.92 Å². The Bertz CT molecular complexity index is 450. The summed E-state index contributed by atoms with van der Waals surface area (Å²) >= 11 is 0. The normalized spacial score (nSPS) is 21.4. The average molecular weight is 251 g/mol. The van der Waals surface area contributed by atoms with E-state index in [1.54, 1.807) is 6.07 Å². The number of hydrogen-bond donors (Lipinski definition) is 2. The van der Waals surface area contributed by atoms with Crippen LogP contribution in [0.5, 0.6) is 5.75 Å². The molecule has 3 N–H and O–H groups in total. The van der Waals surface area contributed by atoms with Gasteiger partial charge in [-0.05, 0) is 12.8 Å². The van der Waals surface area contributed by atoms with Crippen LogP contribution < -0.4 is 15.8 Å². The summed E-state index contributed by atoms with van der Waals surface area (Å²) in [7, 11) is 0. The minimum Gasteiger partial charge on any atom is -0.493 e. The summed E-state index contributed by atoms with van der Waals surface area (Å²) in [5.74, 6) is 0.516. The van der Waals surface area contributed by atoms with Crippen molar-refractivity contribution < 1.29 is 9.66 Å². The maximum atomic E-state index is 10.8. The van der Waals surface area contributed by atoms with Gasteiger partial charge in [0.05, 0.1) is 17.6 Å². The third-order valence-corrected chi connectivity index (χ3v) is 2.77. The van der Waals surface area contributed by atoms with Crippen molar-refractivity contribution in [1.82, 2.24) is 0 Å². The van der Waals surface area contributed by atoms with Gasteiger partial charge in [0.2, 0.25) is 0 Å². The number of nitrogens with zero attached hydrogens (tertiary/aromatic N) is 1. The van der Waals surface area contributed by atoms with Crippen LogP contribution in [0.25, 0.3) is 0 Å². The molecule has 2 rings (SSSR count). The van der Waals surface area contributed by atoms with Gasteiger partial charge in [0, 0.05) is 29.9 Å². The number of nitro groups is 1. The molecule has 0 heterocycles. The average Bonchev–Trinajstić information content (AvgIpc) is 3.02. The fourth-order valence-corrected chi connectivity index (χ4v) is 1.67. The van der Waals surface area contributed by atoms with E-state index in [9.17, 15) is 10.1 Å². The maximum absolute atomic E-state index is 10.8. The highest BCUT2D eigenvalue weighted by Crippen LogP contribution is 2.30. The molecule has 0 aliphatic heterocycles. The third kappa shape index (κ3) is 3.10. The number of nitrogens with one attached hydrogen (secondary N) is 1. The van der Waals surface area contributed by atoms with E-state index < -0.39 is 4.92 Å². The van der Waals surface area contributed by atoms with Gasteiger partial charge in [0.25, 0.3) is 5.69 Å². The Morgan fingerprint density at radius 3 is 2.83 bits per heavy atom. The van der Waals surface area contributed by atoms with Crippen LogP contribution in [0.2, 0.25) is 0 Å². The first-order valence-electron chi connectivity index (χ1n) is 6.04. The molecule has 0 bridgehead atoms. The summed E-state index contributed by atoms with van der Waals surface area (Å²) in [6, 6.07) is 5.07. The zero-order valence-corrected chi connectivity index (χ0v) is 10.3. The van der Waals surface area contributed by atoms with E-state index in [-0.39, 0.29) is 17.8 Å². The highest BCUT2D eigenvalue weighted by Gasteiger charge is 2.33. The fraction of sp³-hybridized carbons (Fsp3) is 0.500. The molecular weight excluding hydrogens is 234 g/mol. The van der Waals surface area contributed by atoms with Gasteiger partial charge in [-0.15, -0.1) is 0 Å². The Morgan fingerprint density at radius 1 is 1.56 bits per heavy atom. The molecule has 0 radical (unpaired) electrons. The number of non-ortho nitro benzene ring substituents is 1. The molecule has 6 nitrogen and oxygen atoms in total. The van der Waals surface area contributed by atoms with Gasteiger partial charge in [0.1, 0.15) is 5.75 Å². The van der Waals surface area contributed by atoms with E-state index in [2.05, 4.69) is 5.32 Å². The van der Waals surface area contributed by atoms with Gasteiger partial charge < -0.3 is 15.8 Å². The molecule has 1 aromatic rings. The second-order valence-corrected chi connectivity index (χ2v) is 4.47. The van der Waals surface area contributed by atoms with Crippen LogP contribution in [0.15, 0.2) is 18.2 Å². The van der Waals surface area contributed by atoms with Gasteiger partial charge in [0.15, 0.2) is 0 Å². The lowest BCUT2D eigenvalue weighted by Gasteiger charge is -2.09. The Labute approximate surface area is 105 Å². The SMILES string of the molecule is CCCOc1cc(NC2CC2N)cc([N+](=O)[O-])c1. The number of nitrogens with two attached hydrogens (primary N) is 1. The number of anilines is 1. The Hall–Kier alpha value is -1.82. The van der Waals surface area contributed by atoms with Crippen LogP contribution in [0.1, 0.15) is 19.8 Å².